The van der Waals surface area contributed by atoms with Crippen LogP contribution in [0.1, 0.15) is 17.0 Å². The fourth-order valence-corrected chi connectivity index (χ4v) is 1.93. The van der Waals surface area contributed by atoms with Gasteiger partial charge < -0.3 is 14.8 Å². The maximum Gasteiger partial charge on any atom is 0.305 e. The van der Waals surface area contributed by atoms with E-state index >= 15 is 0 Å². The summed E-state index contributed by atoms with van der Waals surface area (Å²) in [6.45, 7) is -0.0649. The Bertz CT molecular complexity index is 575. The zero-order valence-corrected chi connectivity index (χ0v) is 11.2. The molecule has 0 spiro atoms. The van der Waals surface area contributed by atoms with Gasteiger partial charge in [0.15, 0.2) is 5.76 Å². The molecule has 0 radical (unpaired) electrons. The second-order valence-corrected chi connectivity index (χ2v) is 5.89. The Hall–Kier alpha value is -1.87. The molecule has 1 heterocycles. The number of carbonyl (C=O) groups excluding carboxylic acids is 1. The minimum atomic E-state index is -3.73. The lowest BCUT2D eigenvalue weighted by Crippen LogP contribution is -2.25. The van der Waals surface area contributed by atoms with Crippen LogP contribution in [0.15, 0.2) is 21.6 Å². The first kappa shape index (κ1) is 15.2. The highest BCUT2D eigenvalue weighted by Crippen LogP contribution is 2.16. The molecule has 0 saturated carbocycles. The van der Waals surface area contributed by atoms with Crippen molar-refractivity contribution < 1.29 is 27.5 Å². The summed E-state index contributed by atoms with van der Waals surface area (Å²) in [6, 6.07) is 2.38. The van der Waals surface area contributed by atoms with Crippen LogP contribution in [0.3, 0.4) is 0 Å². The number of sulfonamides is 1. The Labute approximate surface area is 110 Å². The SMILES string of the molecule is CN(C)S(=O)(=O)c1ccc(C(=O)NCCC(=O)O)o1. The zero-order chi connectivity index (χ0) is 14.6. The summed E-state index contributed by atoms with van der Waals surface area (Å²) in [6.07, 6.45) is -0.227. The quantitative estimate of drug-likeness (QED) is 0.745. The number of amides is 1. The van der Waals surface area contributed by atoms with Gasteiger partial charge in [-0.1, -0.05) is 0 Å². The summed E-state index contributed by atoms with van der Waals surface area (Å²) >= 11 is 0. The number of hydrogen-bond donors (Lipinski definition) is 2. The minimum absolute atomic E-state index is 0.0649. The number of carbonyl (C=O) groups is 2. The lowest BCUT2D eigenvalue weighted by atomic mass is 10.4. The molecule has 1 rings (SSSR count). The van der Waals surface area contributed by atoms with Gasteiger partial charge in [-0.3, -0.25) is 9.59 Å². The van der Waals surface area contributed by atoms with Crippen molar-refractivity contribution in [3.8, 4) is 0 Å². The molecule has 9 heteroatoms. The van der Waals surface area contributed by atoms with Crippen molar-refractivity contribution in [1.82, 2.24) is 9.62 Å². The van der Waals surface area contributed by atoms with Crippen molar-refractivity contribution in [3.63, 3.8) is 0 Å². The summed E-state index contributed by atoms with van der Waals surface area (Å²) in [7, 11) is -1.06. The second-order valence-electron chi connectivity index (χ2n) is 3.81. The first-order valence-electron chi connectivity index (χ1n) is 5.27. The van der Waals surface area contributed by atoms with Crippen LogP contribution in [0, 0.1) is 0 Å². The summed E-state index contributed by atoms with van der Waals surface area (Å²) in [5.41, 5.74) is 0. The predicted molar refractivity (Wildman–Crippen MR) is 64.2 cm³/mol. The summed E-state index contributed by atoms with van der Waals surface area (Å²) in [5.74, 6) is -1.90. The summed E-state index contributed by atoms with van der Waals surface area (Å²) < 4.78 is 29.3. The molecule has 0 aromatic carbocycles. The standard InChI is InChI=1S/C10H14N2O6S/c1-12(2)19(16,17)9-4-3-7(18-9)10(15)11-6-5-8(13)14/h3-4H,5-6H2,1-2H3,(H,11,15)(H,13,14). The topological polar surface area (TPSA) is 117 Å². The molecule has 106 valence electrons. The third-order valence-corrected chi connectivity index (χ3v) is 3.85. The highest BCUT2D eigenvalue weighted by atomic mass is 32.2. The second kappa shape index (κ2) is 5.85. The number of nitrogens with one attached hydrogen (secondary N) is 1. The number of rotatable bonds is 6. The number of hydrogen-bond acceptors (Lipinski definition) is 5. The van der Waals surface area contributed by atoms with Gasteiger partial charge in [-0.05, 0) is 12.1 Å². The average molecular weight is 290 g/mol. The Morgan fingerprint density at radius 3 is 2.53 bits per heavy atom. The molecule has 0 aliphatic heterocycles. The van der Waals surface area contributed by atoms with E-state index in [1.165, 1.54) is 26.2 Å². The molecule has 0 fully saturated rings. The van der Waals surface area contributed by atoms with Crippen LogP contribution in [-0.2, 0) is 14.8 Å². The minimum Gasteiger partial charge on any atom is -0.481 e. The number of aliphatic carboxylic acids is 1. The van der Waals surface area contributed by atoms with Crippen molar-refractivity contribution in [3.05, 3.63) is 17.9 Å². The highest BCUT2D eigenvalue weighted by Gasteiger charge is 2.23. The molecular formula is C10H14N2O6S. The Kier molecular flexibility index (Phi) is 4.67. The third kappa shape index (κ3) is 3.80. The predicted octanol–water partition coefficient (Wildman–Crippen LogP) is -0.266. The van der Waals surface area contributed by atoms with Crippen LogP contribution in [0.5, 0.6) is 0 Å². The molecule has 0 aliphatic carbocycles. The molecule has 2 N–H and O–H groups in total. The fraction of sp³-hybridized carbons (Fsp3) is 0.400. The van der Waals surface area contributed by atoms with Gasteiger partial charge in [-0.15, -0.1) is 0 Å². The van der Waals surface area contributed by atoms with E-state index in [1.807, 2.05) is 0 Å². The summed E-state index contributed by atoms with van der Waals surface area (Å²) in [4.78, 5) is 21.8. The first-order chi connectivity index (χ1) is 8.75. The van der Waals surface area contributed by atoms with Gasteiger partial charge in [0.2, 0.25) is 5.09 Å². The molecule has 0 unspecified atom stereocenters. The van der Waals surface area contributed by atoms with Gasteiger partial charge in [0.05, 0.1) is 6.42 Å². The van der Waals surface area contributed by atoms with Crippen molar-refractivity contribution in [2.24, 2.45) is 0 Å². The first-order valence-corrected chi connectivity index (χ1v) is 6.71. The van der Waals surface area contributed by atoms with E-state index in [-0.39, 0.29) is 23.8 Å². The van der Waals surface area contributed by atoms with E-state index in [0.29, 0.717) is 0 Å². The van der Waals surface area contributed by atoms with Gasteiger partial charge in [0.25, 0.3) is 15.9 Å². The molecule has 8 nitrogen and oxygen atoms in total. The Morgan fingerprint density at radius 1 is 1.37 bits per heavy atom. The van der Waals surface area contributed by atoms with Crippen molar-refractivity contribution in [1.29, 1.82) is 0 Å². The van der Waals surface area contributed by atoms with E-state index in [1.54, 1.807) is 0 Å². The molecule has 0 aliphatic rings. The van der Waals surface area contributed by atoms with Crippen LogP contribution in [0.2, 0.25) is 0 Å². The number of furan rings is 1. The highest BCUT2D eigenvalue weighted by molar-refractivity contribution is 7.88. The number of nitrogens with zero attached hydrogens (tertiary/aromatic N) is 1. The van der Waals surface area contributed by atoms with Crippen LogP contribution in [0.25, 0.3) is 0 Å². The van der Waals surface area contributed by atoms with E-state index in [2.05, 4.69) is 5.32 Å². The maximum atomic E-state index is 11.7. The number of carboxylic acids is 1. The Balaban J connectivity index is 2.75. The monoisotopic (exact) mass is 290 g/mol. The molecule has 1 amide bonds. The van der Waals surface area contributed by atoms with Gasteiger partial charge in [0, 0.05) is 20.6 Å². The van der Waals surface area contributed by atoms with Crippen LogP contribution in [-0.4, -0.2) is 50.3 Å². The van der Waals surface area contributed by atoms with Crippen LogP contribution >= 0.6 is 0 Å². The lowest BCUT2D eigenvalue weighted by Gasteiger charge is -2.07. The van der Waals surface area contributed by atoms with E-state index in [9.17, 15) is 18.0 Å². The Morgan fingerprint density at radius 2 is 2.00 bits per heavy atom. The van der Waals surface area contributed by atoms with Crippen molar-refractivity contribution >= 4 is 21.9 Å². The van der Waals surface area contributed by atoms with Crippen LogP contribution in [0.4, 0.5) is 0 Å². The smallest absolute Gasteiger partial charge is 0.305 e. The van der Waals surface area contributed by atoms with Crippen molar-refractivity contribution in [2.75, 3.05) is 20.6 Å². The third-order valence-electron chi connectivity index (χ3n) is 2.16. The molecule has 0 saturated heterocycles. The normalized spacial score (nSPS) is 11.5. The summed E-state index contributed by atoms with van der Waals surface area (Å²) in [5, 5.41) is 10.4. The van der Waals surface area contributed by atoms with Gasteiger partial charge in [-0.2, -0.15) is 0 Å². The molecule has 0 atom stereocenters. The number of carboxylic acid groups (broad SMARTS) is 1. The molecule has 1 aromatic rings. The fourth-order valence-electron chi connectivity index (χ4n) is 1.13. The molecule has 19 heavy (non-hydrogen) atoms. The van der Waals surface area contributed by atoms with Gasteiger partial charge in [-0.25, -0.2) is 12.7 Å². The van der Waals surface area contributed by atoms with Gasteiger partial charge >= 0.3 is 5.97 Å². The average Bonchev–Trinajstić information content (AvgIpc) is 2.77. The van der Waals surface area contributed by atoms with E-state index < -0.39 is 21.9 Å². The molecule has 1 aromatic heterocycles. The zero-order valence-electron chi connectivity index (χ0n) is 10.4. The largest absolute Gasteiger partial charge is 0.481 e. The van der Waals surface area contributed by atoms with Crippen LogP contribution < -0.4 is 5.32 Å². The molecular weight excluding hydrogens is 276 g/mol. The van der Waals surface area contributed by atoms with Crippen molar-refractivity contribution in [2.45, 2.75) is 11.5 Å². The van der Waals surface area contributed by atoms with E-state index in [4.69, 9.17) is 9.52 Å². The maximum absolute atomic E-state index is 11.7. The van der Waals surface area contributed by atoms with E-state index in [0.717, 1.165) is 4.31 Å². The van der Waals surface area contributed by atoms with Gasteiger partial charge in [0.1, 0.15) is 0 Å². The molecule has 0 bridgehead atoms. The lowest BCUT2D eigenvalue weighted by molar-refractivity contribution is -0.136.